The van der Waals surface area contributed by atoms with Crippen LogP contribution >= 0.6 is 43.2 Å². The second-order valence-corrected chi connectivity index (χ2v) is 7.52. The van der Waals surface area contributed by atoms with E-state index in [1.165, 1.54) is 23.5 Å². The predicted octanol–water partition coefficient (Wildman–Crippen LogP) is 5.08. The molecule has 0 bridgehead atoms. The molecule has 1 aromatic heterocycles. The number of rotatable bonds is 3. The van der Waals surface area contributed by atoms with Gasteiger partial charge < -0.3 is 4.90 Å². The van der Waals surface area contributed by atoms with Gasteiger partial charge in [-0.1, -0.05) is 6.07 Å². The summed E-state index contributed by atoms with van der Waals surface area (Å²) in [7, 11) is 0. The maximum atomic E-state index is 13.3. The molecule has 0 atom stereocenters. The van der Waals surface area contributed by atoms with Crippen molar-refractivity contribution >= 4 is 54.8 Å². The number of thiophene rings is 1. The second kappa shape index (κ2) is 6.15. The molecular weight excluding hydrogens is 397 g/mol. The average molecular weight is 407 g/mol. The number of halogens is 3. The van der Waals surface area contributed by atoms with Gasteiger partial charge in [-0.3, -0.25) is 4.79 Å². The van der Waals surface area contributed by atoms with E-state index < -0.39 is 0 Å². The molecule has 2 aromatic rings. The number of anilines is 1. The Bertz CT molecular complexity index is 614. The highest BCUT2D eigenvalue weighted by Gasteiger charge is 2.20. The first-order valence-electron chi connectivity index (χ1n) is 5.55. The van der Waals surface area contributed by atoms with Crippen molar-refractivity contribution in [2.45, 2.75) is 6.92 Å². The van der Waals surface area contributed by atoms with Crippen molar-refractivity contribution in [2.75, 3.05) is 11.4 Å². The van der Waals surface area contributed by atoms with Gasteiger partial charge in [0.15, 0.2) is 0 Å². The topological polar surface area (TPSA) is 20.3 Å². The van der Waals surface area contributed by atoms with Crippen molar-refractivity contribution < 1.29 is 9.18 Å². The summed E-state index contributed by atoms with van der Waals surface area (Å²) < 4.78 is 14.9. The molecule has 100 valence electrons. The minimum atomic E-state index is -0.352. The fourth-order valence-corrected chi connectivity index (χ4v) is 4.50. The monoisotopic (exact) mass is 405 g/mol. The molecule has 0 radical (unpaired) electrons. The number of hydrogen-bond acceptors (Lipinski definition) is 2. The highest BCUT2D eigenvalue weighted by atomic mass is 79.9. The van der Waals surface area contributed by atoms with Crippen LogP contribution in [0.1, 0.15) is 17.3 Å². The number of hydrogen-bond donors (Lipinski definition) is 0. The Kier molecular flexibility index (Phi) is 4.76. The van der Waals surface area contributed by atoms with E-state index in [0.717, 1.165) is 7.57 Å². The number of carbonyl (C=O) groups excluding carboxylic acids is 1. The molecular formula is C13H10Br2FNOS. The van der Waals surface area contributed by atoms with Gasteiger partial charge >= 0.3 is 0 Å². The predicted molar refractivity (Wildman–Crippen MR) is 83.5 cm³/mol. The lowest BCUT2D eigenvalue weighted by Crippen LogP contribution is -2.30. The molecule has 6 heteroatoms. The van der Waals surface area contributed by atoms with Crippen molar-refractivity contribution in [3.8, 4) is 0 Å². The first-order valence-corrected chi connectivity index (χ1v) is 7.95. The smallest absolute Gasteiger partial charge is 0.260 e. The van der Waals surface area contributed by atoms with Gasteiger partial charge in [-0.25, -0.2) is 4.39 Å². The largest absolute Gasteiger partial charge is 0.308 e. The molecule has 1 amide bonds. The number of benzene rings is 1. The van der Waals surface area contributed by atoms with E-state index in [0.29, 0.717) is 17.8 Å². The fraction of sp³-hybridized carbons (Fsp3) is 0.154. The third kappa shape index (κ3) is 3.24. The number of amides is 1. The maximum absolute atomic E-state index is 13.3. The lowest BCUT2D eigenvalue weighted by Gasteiger charge is -2.20. The lowest BCUT2D eigenvalue weighted by molar-refractivity contribution is 0.0988. The van der Waals surface area contributed by atoms with E-state index in [-0.39, 0.29) is 11.7 Å². The van der Waals surface area contributed by atoms with Crippen LogP contribution in [0.3, 0.4) is 0 Å². The Morgan fingerprint density at radius 2 is 2.11 bits per heavy atom. The SMILES string of the molecule is CCN(C(=O)c1cc(Br)sc1Br)c1cccc(F)c1. The van der Waals surface area contributed by atoms with Gasteiger partial charge in [-0.15, -0.1) is 11.3 Å². The van der Waals surface area contributed by atoms with Gasteiger partial charge in [0.1, 0.15) is 5.82 Å². The molecule has 1 aromatic carbocycles. The lowest BCUT2D eigenvalue weighted by atomic mass is 10.2. The molecule has 0 saturated carbocycles. The molecule has 0 aliphatic heterocycles. The molecule has 2 nitrogen and oxygen atoms in total. The summed E-state index contributed by atoms with van der Waals surface area (Å²) >= 11 is 8.15. The van der Waals surface area contributed by atoms with Crippen molar-refractivity contribution in [1.29, 1.82) is 0 Å². The van der Waals surface area contributed by atoms with Gasteiger partial charge in [-0.2, -0.15) is 0 Å². The minimum absolute atomic E-state index is 0.151. The molecule has 1 heterocycles. The summed E-state index contributed by atoms with van der Waals surface area (Å²) in [6.45, 7) is 2.33. The van der Waals surface area contributed by atoms with Gasteiger partial charge in [0, 0.05) is 12.2 Å². The van der Waals surface area contributed by atoms with Crippen LogP contribution in [0.15, 0.2) is 37.9 Å². The van der Waals surface area contributed by atoms with Gasteiger partial charge in [0.25, 0.3) is 5.91 Å². The molecule has 0 N–H and O–H groups in total. The summed E-state index contributed by atoms with van der Waals surface area (Å²) in [4.78, 5) is 14.0. The fourth-order valence-electron chi connectivity index (χ4n) is 1.72. The summed E-state index contributed by atoms with van der Waals surface area (Å²) in [6, 6.07) is 7.80. The van der Waals surface area contributed by atoms with Crippen LogP contribution in [0.2, 0.25) is 0 Å². The van der Waals surface area contributed by atoms with Crippen LogP contribution in [0.4, 0.5) is 10.1 Å². The van der Waals surface area contributed by atoms with Crippen LogP contribution in [0.25, 0.3) is 0 Å². The first-order chi connectivity index (χ1) is 9.02. The Hall–Kier alpha value is -0.720. The van der Waals surface area contributed by atoms with Crippen molar-refractivity contribution in [1.82, 2.24) is 0 Å². The molecule has 0 fully saturated rings. The Morgan fingerprint density at radius 3 is 2.63 bits per heavy atom. The van der Waals surface area contributed by atoms with E-state index in [2.05, 4.69) is 31.9 Å². The van der Waals surface area contributed by atoms with Crippen molar-refractivity contribution in [2.24, 2.45) is 0 Å². The zero-order valence-electron chi connectivity index (χ0n) is 9.99. The van der Waals surface area contributed by atoms with Gasteiger partial charge in [-0.05, 0) is 63.0 Å². The highest BCUT2D eigenvalue weighted by molar-refractivity contribution is 9.12. The summed E-state index contributed by atoms with van der Waals surface area (Å²) in [5.74, 6) is -0.503. The van der Waals surface area contributed by atoms with Crippen molar-refractivity contribution in [3.63, 3.8) is 0 Å². The van der Waals surface area contributed by atoms with Crippen LogP contribution in [0.5, 0.6) is 0 Å². The zero-order valence-corrected chi connectivity index (χ0v) is 14.0. The molecule has 0 saturated heterocycles. The van der Waals surface area contributed by atoms with Crippen LogP contribution in [-0.4, -0.2) is 12.5 Å². The second-order valence-electron chi connectivity index (χ2n) is 3.77. The summed E-state index contributed by atoms with van der Waals surface area (Å²) in [5, 5.41) is 0. The van der Waals surface area contributed by atoms with E-state index in [1.807, 2.05) is 6.92 Å². The Morgan fingerprint density at radius 1 is 1.37 bits per heavy atom. The molecule has 0 spiro atoms. The summed E-state index contributed by atoms with van der Waals surface area (Å²) in [5.41, 5.74) is 1.13. The standard InChI is InChI=1S/C13H10Br2FNOS/c1-2-17(9-5-3-4-8(16)6-9)13(18)10-7-11(14)19-12(10)15/h3-7H,2H2,1H3. The molecule has 2 rings (SSSR count). The van der Waals surface area contributed by atoms with Gasteiger partial charge in [0.05, 0.1) is 13.1 Å². The van der Waals surface area contributed by atoms with Crippen LogP contribution in [0, 0.1) is 5.82 Å². The third-order valence-corrected chi connectivity index (χ3v) is 4.91. The van der Waals surface area contributed by atoms with E-state index >= 15 is 0 Å². The molecule has 0 aliphatic carbocycles. The highest BCUT2D eigenvalue weighted by Crippen LogP contribution is 2.33. The number of carbonyl (C=O) groups is 1. The maximum Gasteiger partial charge on any atom is 0.260 e. The Balaban J connectivity index is 2.37. The Labute approximate surface area is 131 Å². The molecule has 0 unspecified atom stereocenters. The number of nitrogens with zero attached hydrogens (tertiary/aromatic N) is 1. The first kappa shape index (κ1) is 14.7. The van der Waals surface area contributed by atoms with E-state index in [9.17, 15) is 9.18 Å². The molecule has 19 heavy (non-hydrogen) atoms. The average Bonchev–Trinajstić information content (AvgIpc) is 2.69. The normalized spacial score (nSPS) is 10.5. The van der Waals surface area contributed by atoms with Crippen molar-refractivity contribution in [3.05, 3.63) is 49.3 Å². The van der Waals surface area contributed by atoms with Gasteiger partial charge in [0.2, 0.25) is 0 Å². The van der Waals surface area contributed by atoms with E-state index in [1.54, 1.807) is 23.1 Å². The van der Waals surface area contributed by atoms with E-state index in [4.69, 9.17) is 0 Å². The quantitative estimate of drug-likeness (QED) is 0.695. The van der Waals surface area contributed by atoms with Crippen LogP contribution < -0.4 is 4.90 Å². The summed E-state index contributed by atoms with van der Waals surface area (Å²) in [6.07, 6.45) is 0. The zero-order chi connectivity index (χ0) is 14.0. The third-order valence-electron chi connectivity index (χ3n) is 2.57. The minimum Gasteiger partial charge on any atom is -0.308 e. The molecule has 0 aliphatic rings. The van der Waals surface area contributed by atoms with Crippen LogP contribution in [-0.2, 0) is 0 Å².